The number of fused-ring (bicyclic) bond motifs is 1. The molecule has 2 N–H and O–H groups in total. The quantitative estimate of drug-likeness (QED) is 0.739. The molecular formula is C10H21ClN2. The lowest BCUT2D eigenvalue weighted by Gasteiger charge is -2.16. The summed E-state index contributed by atoms with van der Waals surface area (Å²) in [5.74, 6) is 1.77. The number of likely N-dealkylation sites (tertiary alicyclic amines) is 1. The molecule has 1 aliphatic carbocycles. The molecule has 1 saturated carbocycles. The molecule has 2 nitrogen and oxygen atoms in total. The van der Waals surface area contributed by atoms with Crippen molar-refractivity contribution in [3.8, 4) is 0 Å². The van der Waals surface area contributed by atoms with Gasteiger partial charge in [0.05, 0.1) is 0 Å². The Morgan fingerprint density at radius 1 is 1.31 bits per heavy atom. The standard InChI is InChI=1S/C10H20N2.ClH/c1-2-5-12-6-8-3-4-10(11)9(8)7-12;/h8-10H,2-7,11H2,1H3;1H/t8-,9+,10?;/m0./s1. The van der Waals surface area contributed by atoms with Crippen LogP contribution in [0.2, 0.25) is 0 Å². The topological polar surface area (TPSA) is 29.3 Å². The molecule has 2 aliphatic rings. The number of hydrogen-bond acceptors (Lipinski definition) is 2. The minimum absolute atomic E-state index is 0. The van der Waals surface area contributed by atoms with Crippen molar-refractivity contribution in [3.63, 3.8) is 0 Å². The molecule has 1 saturated heterocycles. The van der Waals surface area contributed by atoms with E-state index in [9.17, 15) is 0 Å². The maximum atomic E-state index is 6.05. The molecule has 2 rings (SSSR count). The summed E-state index contributed by atoms with van der Waals surface area (Å²) >= 11 is 0. The van der Waals surface area contributed by atoms with E-state index in [1.807, 2.05) is 0 Å². The molecule has 2 fully saturated rings. The molecule has 13 heavy (non-hydrogen) atoms. The van der Waals surface area contributed by atoms with Gasteiger partial charge in [-0.2, -0.15) is 0 Å². The summed E-state index contributed by atoms with van der Waals surface area (Å²) in [6.07, 6.45) is 3.94. The summed E-state index contributed by atoms with van der Waals surface area (Å²) in [5, 5.41) is 0. The highest BCUT2D eigenvalue weighted by Crippen LogP contribution is 2.36. The summed E-state index contributed by atoms with van der Waals surface area (Å²) in [4.78, 5) is 2.59. The lowest BCUT2D eigenvalue weighted by atomic mass is 9.98. The van der Waals surface area contributed by atoms with E-state index in [1.54, 1.807) is 0 Å². The van der Waals surface area contributed by atoms with E-state index in [1.165, 1.54) is 38.9 Å². The van der Waals surface area contributed by atoms with Crippen LogP contribution in [-0.4, -0.2) is 30.6 Å². The van der Waals surface area contributed by atoms with E-state index in [0.29, 0.717) is 6.04 Å². The molecule has 1 unspecified atom stereocenters. The minimum Gasteiger partial charge on any atom is -0.327 e. The summed E-state index contributed by atoms with van der Waals surface area (Å²) in [7, 11) is 0. The average molecular weight is 205 g/mol. The average Bonchev–Trinajstić information content (AvgIpc) is 2.55. The Balaban J connectivity index is 0.000000845. The third-order valence-corrected chi connectivity index (χ3v) is 3.53. The smallest absolute Gasteiger partial charge is 0.00826 e. The van der Waals surface area contributed by atoms with Crippen molar-refractivity contribution >= 4 is 12.4 Å². The molecule has 0 aromatic heterocycles. The Kier molecular flexibility index (Phi) is 4.02. The van der Waals surface area contributed by atoms with Crippen LogP contribution in [0.3, 0.4) is 0 Å². The molecule has 0 aromatic rings. The third kappa shape index (κ3) is 2.17. The molecule has 0 radical (unpaired) electrons. The van der Waals surface area contributed by atoms with Gasteiger partial charge >= 0.3 is 0 Å². The van der Waals surface area contributed by atoms with Gasteiger partial charge in [-0.05, 0) is 37.6 Å². The van der Waals surface area contributed by atoms with Crippen molar-refractivity contribution in [3.05, 3.63) is 0 Å². The minimum atomic E-state index is 0. The zero-order valence-corrected chi connectivity index (χ0v) is 9.22. The number of halogens is 1. The van der Waals surface area contributed by atoms with Gasteiger partial charge in [-0.25, -0.2) is 0 Å². The number of nitrogens with two attached hydrogens (primary N) is 1. The van der Waals surface area contributed by atoms with Crippen LogP contribution in [0.15, 0.2) is 0 Å². The molecule has 0 amide bonds. The molecule has 1 aliphatic heterocycles. The van der Waals surface area contributed by atoms with Crippen LogP contribution in [0, 0.1) is 11.8 Å². The van der Waals surface area contributed by atoms with Gasteiger partial charge in [0.1, 0.15) is 0 Å². The fourth-order valence-electron chi connectivity index (χ4n) is 2.90. The maximum Gasteiger partial charge on any atom is 0.00826 e. The maximum absolute atomic E-state index is 6.05. The van der Waals surface area contributed by atoms with E-state index in [4.69, 9.17) is 5.73 Å². The number of rotatable bonds is 2. The monoisotopic (exact) mass is 204 g/mol. The van der Waals surface area contributed by atoms with E-state index < -0.39 is 0 Å². The fraction of sp³-hybridized carbons (Fsp3) is 1.00. The Morgan fingerprint density at radius 2 is 2.08 bits per heavy atom. The first-order valence-electron chi connectivity index (χ1n) is 5.29. The van der Waals surface area contributed by atoms with E-state index in [0.717, 1.165) is 11.8 Å². The van der Waals surface area contributed by atoms with Crippen LogP contribution < -0.4 is 5.73 Å². The van der Waals surface area contributed by atoms with Gasteiger partial charge in [0.25, 0.3) is 0 Å². The number of hydrogen-bond donors (Lipinski definition) is 1. The second-order valence-corrected chi connectivity index (χ2v) is 4.42. The SMILES string of the molecule is CCCN1C[C@@H]2CCC(N)[C@@H]2C1.Cl. The summed E-state index contributed by atoms with van der Waals surface area (Å²) in [5.41, 5.74) is 6.05. The van der Waals surface area contributed by atoms with Crippen molar-refractivity contribution < 1.29 is 0 Å². The molecule has 0 spiro atoms. The van der Waals surface area contributed by atoms with Crippen molar-refractivity contribution in [2.45, 2.75) is 32.2 Å². The Labute approximate surface area is 87.3 Å². The van der Waals surface area contributed by atoms with Gasteiger partial charge in [0.15, 0.2) is 0 Å². The van der Waals surface area contributed by atoms with Gasteiger partial charge in [-0.1, -0.05) is 6.92 Å². The summed E-state index contributed by atoms with van der Waals surface area (Å²) in [6, 6.07) is 0.511. The largest absolute Gasteiger partial charge is 0.327 e. The Hall–Kier alpha value is 0.210. The van der Waals surface area contributed by atoms with Gasteiger partial charge in [0, 0.05) is 19.1 Å². The highest BCUT2D eigenvalue weighted by Gasteiger charge is 2.40. The van der Waals surface area contributed by atoms with Crippen molar-refractivity contribution in [1.29, 1.82) is 0 Å². The predicted octanol–water partition coefficient (Wildman–Crippen LogP) is 1.49. The van der Waals surface area contributed by atoms with Gasteiger partial charge in [-0.3, -0.25) is 0 Å². The lowest BCUT2D eigenvalue weighted by molar-refractivity contribution is 0.306. The molecule has 3 atom stereocenters. The first-order valence-corrected chi connectivity index (χ1v) is 5.29. The Bertz CT molecular complexity index is 163. The second-order valence-electron chi connectivity index (χ2n) is 4.42. The fourth-order valence-corrected chi connectivity index (χ4v) is 2.90. The molecule has 3 heteroatoms. The molecule has 1 heterocycles. The molecule has 0 bridgehead atoms. The van der Waals surface area contributed by atoms with Crippen LogP contribution in [0.4, 0.5) is 0 Å². The molecular weight excluding hydrogens is 184 g/mol. The normalized spacial score (nSPS) is 38.8. The van der Waals surface area contributed by atoms with E-state index in [-0.39, 0.29) is 12.4 Å². The van der Waals surface area contributed by atoms with E-state index >= 15 is 0 Å². The molecule has 78 valence electrons. The van der Waals surface area contributed by atoms with Crippen molar-refractivity contribution in [2.24, 2.45) is 17.6 Å². The first kappa shape index (κ1) is 11.3. The zero-order chi connectivity index (χ0) is 8.55. The van der Waals surface area contributed by atoms with Crippen molar-refractivity contribution in [1.82, 2.24) is 4.90 Å². The summed E-state index contributed by atoms with van der Waals surface area (Å²) in [6.45, 7) is 6.14. The highest BCUT2D eigenvalue weighted by molar-refractivity contribution is 5.85. The second kappa shape index (κ2) is 4.63. The third-order valence-electron chi connectivity index (χ3n) is 3.53. The van der Waals surface area contributed by atoms with Gasteiger partial charge in [-0.15, -0.1) is 12.4 Å². The lowest BCUT2D eigenvalue weighted by Crippen LogP contribution is -2.30. The van der Waals surface area contributed by atoms with Crippen LogP contribution in [0.5, 0.6) is 0 Å². The van der Waals surface area contributed by atoms with Crippen LogP contribution >= 0.6 is 12.4 Å². The summed E-state index contributed by atoms with van der Waals surface area (Å²) < 4.78 is 0. The van der Waals surface area contributed by atoms with Crippen LogP contribution in [0.25, 0.3) is 0 Å². The zero-order valence-electron chi connectivity index (χ0n) is 8.41. The van der Waals surface area contributed by atoms with Crippen molar-refractivity contribution in [2.75, 3.05) is 19.6 Å². The first-order chi connectivity index (χ1) is 5.81. The predicted molar refractivity (Wildman–Crippen MR) is 58.2 cm³/mol. The molecule has 0 aromatic carbocycles. The number of nitrogens with zero attached hydrogens (tertiary/aromatic N) is 1. The van der Waals surface area contributed by atoms with Crippen LogP contribution in [-0.2, 0) is 0 Å². The van der Waals surface area contributed by atoms with Crippen LogP contribution in [0.1, 0.15) is 26.2 Å². The van der Waals surface area contributed by atoms with Gasteiger partial charge in [0.2, 0.25) is 0 Å². The van der Waals surface area contributed by atoms with E-state index in [2.05, 4.69) is 11.8 Å². The Morgan fingerprint density at radius 3 is 2.69 bits per heavy atom. The van der Waals surface area contributed by atoms with Gasteiger partial charge < -0.3 is 10.6 Å². The highest BCUT2D eigenvalue weighted by atomic mass is 35.5.